The molecule has 3 heteroatoms. The van der Waals surface area contributed by atoms with E-state index in [0.29, 0.717) is 0 Å². The molecule has 0 spiro atoms. The lowest BCUT2D eigenvalue weighted by atomic mass is 9.85. The molecule has 0 saturated carbocycles. The summed E-state index contributed by atoms with van der Waals surface area (Å²) in [5.41, 5.74) is -1.01. The van der Waals surface area contributed by atoms with E-state index in [2.05, 4.69) is 6.58 Å². The van der Waals surface area contributed by atoms with Crippen molar-refractivity contribution in [1.29, 1.82) is 0 Å². The molecule has 2 atom stereocenters. The Balaban J connectivity index is 4.34. The lowest BCUT2D eigenvalue weighted by Gasteiger charge is -2.21. The zero-order valence-corrected chi connectivity index (χ0v) is 6.87. The molecule has 0 rings (SSSR count). The van der Waals surface area contributed by atoms with Crippen molar-refractivity contribution in [2.75, 3.05) is 0 Å². The molecule has 2 unspecified atom stereocenters. The largest absolute Gasteiger partial charge is 0.481 e. The Hall–Kier alpha value is -0.830. The lowest BCUT2D eigenvalue weighted by molar-refractivity contribution is -0.146. The van der Waals surface area contributed by atoms with E-state index < -0.39 is 17.5 Å². The van der Waals surface area contributed by atoms with Gasteiger partial charge in [0.2, 0.25) is 0 Å². The van der Waals surface area contributed by atoms with Crippen molar-refractivity contribution >= 4 is 5.97 Å². The molecule has 0 aromatic rings. The second-order valence-electron chi connectivity index (χ2n) is 2.98. The highest BCUT2D eigenvalue weighted by molar-refractivity contribution is 5.76. The molecular weight excluding hydrogens is 144 g/mol. The summed E-state index contributed by atoms with van der Waals surface area (Å²) >= 11 is 0. The molecule has 3 nitrogen and oxygen atoms in total. The number of carboxylic acids is 1. The molecule has 0 aromatic carbocycles. The van der Waals surface area contributed by atoms with Crippen LogP contribution in [0.2, 0.25) is 0 Å². The molecule has 0 aliphatic heterocycles. The van der Waals surface area contributed by atoms with Crippen molar-refractivity contribution < 1.29 is 15.0 Å². The summed E-state index contributed by atoms with van der Waals surface area (Å²) in [7, 11) is 0. The fraction of sp³-hybridized carbons (Fsp3) is 0.625. The van der Waals surface area contributed by atoms with E-state index in [1.807, 2.05) is 0 Å². The Morgan fingerprint density at radius 2 is 2.27 bits per heavy atom. The number of rotatable bonds is 4. The van der Waals surface area contributed by atoms with E-state index in [0.717, 1.165) is 0 Å². The third-order valence-corrected chi connectivity index (χ3v) is 1.66. The SMILES string of the molecule is C=CC(C)(CC(C)O)C(=O)O. The molecule has 2 N–H and O–H groups in total. The van der Waals surface area contributed by atoms with Gasteiger partial charge in [-0.1, -0.05) is 6.08 Å². The minimum absolute atomic E-state index is 0.200. The highest BCUT2D eigenvalue weighted by atomic mass is 16.4. The first-order valence-corrected chi connectivity index (χ1v) is 3.47. The van der Waals surface area contributed by atoms with Crippen LogP contribution in [0, 0.1) is 5.41 Å². The second-order valence-corrected chi connectivity index (χ2v) is 2.98. The van der Waals surface area contributed by atoms with Crippen LogP contribution in [0.25, 0.3) is 0 Å². The first-order chi connectivity index (χ1) is 4.92. The van der Waals surface area contributed by atoms with Gasteiger partial charge in [0.1, 0.15) is 0 Å². The molecule has 0 radical (unpaired) electrons. The average Bonchev–Trinajstić information content (AvgIpc) is 1.86. The number of aliphatic hydroxyl groups is 1. The van der Waals surface area contributed by atoms with Gasteiger partial charge in [-0.05, 0) is 20.3 Å². The summed E-state index contributed by atoms with van der Waals surface area (Å²) in [5.74, 6) is -0.951. The van der Waals surface area contributed by atoms with Crippen molar-refractivity contribution in [3.8, 4) is 0 Å². The molecule has 0 aromatic heterocycles. The molecule has 0 heterocycles. The number of aliphatic hydroxyl groups excluding tert-OH is 1. The maximum Gasteiger partial charge on any atom is 0.313 e. The predicted octanol–water partition coefficient (Wildman–Crippen LogP) is 1.03. The minimum Gasteiger partial charge on any atom is -0.481 e. The van der Waals surface area contributed by atoms with Crippen LogP contribution in [0.1, 0.15) is 20.3 Å². The van der Waals surface area contributed by atoms with Crippen LogP contribution in [-0.4, -0.2) is 22.3 Å². The van der Waals surface area contributed by atoms with E-state index in [9.17, 15) is 4.79 Å². The molecule has 0 saturated heterocycles. The first-order valence-electron chi connectivity index (χ1n) is 3.47. The average molecular weight is 158 g/mol. The molecule has 0 amide bonds. The highest BCUT2D eigenvalue weighted by Crippen LogP contribution is 2.24. The van der Waals surface area contributed by atoms with Crippen LogP contribution in [0.3, 0.4) is 0 Å². The molecular formula is C8H14O3. The summed E-state index contributed by atoms with van der Waals surface area (Å²) in [4.78, 5) is 10.6. The zero-order valence-electron chi connectivity index (χ0n) is 6.87. The molecule has 0 aliphatic rings. The topological polar surface area (TPSA) is 57.5 Å². The highest BCUT2D eigenvalue weighted by Gasteiger charge is 2.30. The molecule has 0 fully saturated rings. The first kappa shape index (κ1) is 10.2. The molecule has 0 aliphatic carbocycles. The Morgan fingerprint density at radius 1 is 1.82 bits per heavy atom. The molecule has 11 heavy (non-hydrogen) atoms. The van der Waals surface area contributed by atoms with E-state index >= 15 is 0 Å². The van der Waals surface area contributed by atoms with Crippen LogP contribution in [0.15, 0.2) is 12.7 Å². The summed E-state index contributed by atoms with van der Waals surface area (Å²) in [5, 5.41) is 17.7. The van der Waals surface area contributed by atoms with Crippen LogP contribution in [0.4, 0.5) is 0 Å². The zero-order chi connectivity index (χ0) is 9.07. The standard InChI is InChI=1S/C8H14O3/c1-4-8(3,7(10)11)5-6(2)9/h4,6,9H,1,5H2,2-3H3,(H,10,11). The van der Waals surface area contributed by atoms with Crippen LogP contribution >= 0.6 is 0 Å². The monoisotopic (exact) mass is 158 g/mol. The van der Waals surface area contributed by atoms with Crippen molar-refractivity contribution in [3.05, 3.63) is 12.7 Å². The van der Waals surface area contributed by atoms with Gasteiger partial charge in [-0.2, -0.15) is 0 Å². The fourth-order valence-electron chi connectivity index (χ4n) is 0.872. The van der Waals surface area contributed by atoms with Gasteiger partial charge >= 0.3 is 5.97 Å². The summed E-state index contributed by atoms with van der Waals surface area (Å²) < 4.78 is 0. The quantitative estimate of drug-likeness (QED) is 0.601. The van der Waals surface area contributed by atoms with Gasteiger partial charge in [0.05, 0.1) is 11.5 Å². The summed E-state index contributed by atoms with van der Waals surface area (Å²) in [6, 6.07) is 0. The Bertz CT molecular complexity index is 163. The van der Waals surface area contributed by atoms with E-state index in [-0.39, 0.29) is 6.42 Å². The minimum atomic E-state index is -1.01. The Labute approximate surface area is 66.4 Å². The number of carbonyl (C=O) groups is 1. The second kappa shape index (κ2) is 3.53. The summed E-state index contributed by atoms with van der Waals surface area (Å²) in [6.07, 6.45) is 0.933. The van der Waals surface area contributed by atoms with Gasteiger partial charge in [0.25, 0.3) is 0 Å². The fourth-order valence-corrected chi connectivity index (χ4v) is 0.872. The van der Waals surface area contributed by atoms with Crippen LogP contribution < -0.4 is 0 Å². The number of carboxylic acid groups (broad SMARTS) is 1. The molecule has 0 bridgehead atoms. The van der Waals surface area contributed by atoms with Gasteiger partial charge in [0, 0.05) is 0 Å². The maximum absolute atomic E-state index is 10.6. The van der Waals surface area contributed by atoms with Crippen molar-refractivity contribution in [3.63, 3.8) is 0 Å². The smallest absolute Gasteiger partial charge is 0.313 e. The third kappa shape index (κ3) is 2.72. The maximum atomic E-state index is 10.6. The summed E-state index contributed by atoms with van der Waals surface area (Å²) in [6.45, 7) is 6.51. The van der Waals surface area contributed by atoms with E-state index in [4.69, 9.17) is 10.2 Å². The predicted molar refractivity (Wildman–Crippen MR) is 42.2 cm³/mol. The normalized spacial score (nSPS) is 18.5. The van der Waals surface area contributed by atoms with Crippen LogP contribution in [0.5, 0.6) is 0 Å². The van der Waals surface area contributed by atoms with Crippen molar-refractivity contribution in [2.24, 2.45) is 5.41 Å². The lowest BCUT2D eigenvalue weighted by Crippen LogP contribution is -2.28. The molecule has 64 valence electrons. The number of hydrogen-bond donors (Lipinski definition) is 2. The Kier molecular flexibility index (Phi) is 3.26. The van der Waals surface area contributed by atoms with E-state index in [1.54, 1.807) is 6.92 Å². The van der Waals surface area contributed by atoms with Gasteiger partial charge in [-0.15, -0.1) is 6.58 Å². The number of hydrogen-bond acceptors (Lipinski definition) is 2. The Morgan fingerprint density at radius 3 is 2.36 bits per heavy atom. The van der Waals surface area contributed by atoms with Gasteiger partial charge < -0.3 is 10.2 Å². The van der Waals surface area contributed by atoms with Crippen molar-refractivity contribution in [2.45, 2.75) is 26.4 Å². The van der Waals surface area contributed by atoms with Crippen LogP contribution in [-0.2, 0) is 4.79 Å². The van der Waals surface area contributed by atoms with Gasteiger partial charge in [-0.3, -0.25) is 4.79 Å². The third-order valence-electron chi connectivity index (χ3n) is 1.66. The van der Waals surface area contributed by atoms with Gasteiger partial charge in [-0.25, -0.2) is 0 Å². The van der Waals surface area contributed by atoms with E-state index in [1.165, 1.54) is 13.0 Å². The van der Waals surface area contributed by atoms with Gasteiger partial charge in [0.15, 0.2) is 0 Å². The van der Waals surface area contributed by atoms with Crippen molar-refractivity contribution in [1.82, 2.24) is 0 Å². The number of aliphatic carboxylic acids is 1.